The summed E-state index contributed by atoms with van der Waals surface area (Å²) < 4.78 is 0. The zero-order valence-corrected chi connectivity index (χ0v) is 11.9. The Morgan fingerprint density at radius 2 is 2.06 bits per heavy atom. The van der Waals surface area contributed by atoms with Gasteiger partial charge in [-0.25, -0.2) is 5.43 Å². The van der Waals surface area contributed by atoms with Crippen molar-refractivity contribution >= 4 is 23.0 Å². The molecule has 0 saturated carbocycles. The molecule has 0 unspecified atom stereocenters. The van der Waals surface area contributed by atoms with Crippen LogP contribution in [0.15, 0.2) is 10.5 Å². The normalized spacial score (nSPS) is 16.7. The Kier molecular flexibility index (Phi) is 4.14. The molecule has 0 bridgehead atoms. The number of hydrogen-bond donors (Lipinski definition) is 1. The first-order valence-electron chi connectivity index (χ1n) is 6.17. The lowest BCUT2D eigenvalue weighted by Gasteiger charge is -2.22. The number of carbonyl (C=O) groups is 1. The highest BCUT2D eigenvalue weighted by Gasteiger charge is 2.14. The minimum atomic E-state index is -0.0942. The van der Waals surface area contributed by atoms with Crippen molar-refractivity contribution in [3.05, 3.63) is 21.4 Å². The van der Waals surface area contributed by atoms with Crippen LogP contribution in [0.1, 0.15) is 33.6 Å². The standard InChI is InChI=1S/C13H19N3OS/c1-9-10(2)18-8-12(9)13(17)15-14-11-4-6-16(3)7-5-11/h8H,4-7H2,1-3H3,(H,15,17). The fourth-order valence-corrected chi connectivity index (χ4v) is 2.78. The van der Waals surface area contributed by atoms with E-state index in [1.54, 1.807) is 11.3 Å². The average Bonchev–Trinajstić information content (AvgIpc) is 2.69. The molecule has 1 amide bonds. The van der Waals surface area contributed by atoms with Crippen LogP contribution >= 0.6 is 11.3 Å². The van der Waals surface area contributed by atoms with Crippen molar-refractivity contribution < 1.29 is 4.79 Å². The van der Waals surface area contributed by atoms with Crippen molar-refractivity contribution in [2.45, 2.75) is 26.7 Å². The van der Waals surface area contributed by atoms with Crippen LogP contribution in [0, 0.1) is 13.8 Å². The van der Waals surface area contributed by atoms with Gasteiger partial charge in [0.25, 0.3) is 5.91 Å². The maximum Gasteiger partial charge on any atom is 0.272 e. The number of nitrogens with zero attached hydrogens (tertiary/aromatic N) is 2. The van der Waals surface area contributed by atoms with E-state index >= 15 is 0 Å². The summed E-state index contributed by atoms with van der Waals surface area (Å²) in [7, 11) is 2.10. The molecular formula is C13H19N3OS. The summed E-state index contributed by atoms with van der Waals surface area (Å²) in [5.74, 6) is -0.0942. The third kappa shape index (κ3) is 2.97. The van der Waals surface area contributed by atoms with E-state index in [0.717, 1.165) is 42.8 Å². The number of aryl methyl sites for hydroxylation is 1. The molecule has 0 atom stereocenters. The lowest BCUT2D eigenvalue weighted by molar-refractivity contribution is 0.0954. The number of amides is 1. The van der Waals surface area contributed by atoms with Gasteiger partial charge in [0, 0.05) is 41.9 Å². The Bertz CT molecular complexity index is 469. The number of rotatable bonds is 2. The van der Waals surface area contributed by atoms with Crippen molar-refractivity contribution in [2.24, 2.45) is 5.10 Å². The van der Waals surface area contributed by atoms with Crippen LogP contribution in [-0.2, 0) is 0 Å². The molecule has 1 saturated heterocycles. The summed E-state index contributed by atoms with van der Waals surface area (Å²) in [6, 6.07) is 0. The Labute approximate surface area is 112 Å². The van der Waals surface area contributed by atoms with E-state index in [4.69, 9.17) is 0 Å². The van der Waals surface area contributed by atoms with Gasteiger partial charge in [0.05, 0.1) is 5.56 Å². The second-order valence-corrected chi connectivity index (χ2v) is 5.84. The van der Waals surface area contributed by atoms with Gasteiger partial charge >= 0.3 is 0 Å². The third-order valence-corrected chi connectivity index (χ3v) is 4.42. The van der Waals surface area contributed by atoms with Crippen LogP contribution in [0.2, 0.25) is 0 Å². The molecule has 1 aliphatic heterocycles. The number of nitrogens with one attached hydrogen (secondary N) is 1. The first kappa shape index (κ1) is 13.2. The second-order valence-electron chi connectivity index (χ2n) is 4.75. The first-order valence-corrected chi connectivity index (χ1v) is 7.05. The van der Waals surface area contributed by atoms with Gasteiger partial charge in [0.1, 0.15) is 0 Å². The summed E-state index contributed by atoms with van der Waals surface area (Å²) in [4.78, 5) is 15.4. The number of piperidine rings is 1. The molecule has 0 spiro atoms. The smallest absolute Gasteiger partial charge is 0.272 e. The summed E-state index contributed by atoms with van der Waals surface area (Å²) >= 11 is 1.61. The predicted molar refractivity (Wildman–Crippen MR) is 75.4 cm³/mol. The first-order chi connectivity index (χ1) is 8.58. The average molecular weight is 265 g/mol. The zero-order chi connectivity index (χ0) is 13.1. The molecule has 1 fully saturated rings. The van der Waals surface area contributed by atoms with Crippen LogP contribution in [0.3, 0.4) is 0 Å². The maximum atomic E-state index is 12.0. The van der Waals surface area contributed by atoms with E-state index in [-0.39, 0.29) is 5.91 Å². The number of likely N-dealkylation sites (tertiary alicyclic amines) is 1. The molecule has 1 N–H and O–H groups in total. The maximum absolute atomic E-state index is 12.0. The molecule has 1 aliphatic rings. The molecule has 4 nitrogen and oxygen atoms in total. The van der Waals surface area contributed by atoms with Crippen molar-refractivity contribution in [1.82, 2.24) is 10.3 Å². The number of thiophene rings is 1. The monoisotopic (exact) mass is 265 g/mol. The molecule has 0 aliphatic carbocycles. The molecule has 1 aromatic rings. The highest BCUT2D eigenvalue weighted by Crippen LogP contribution is 2.20. The predicted octanol–water partition coefficient (Wildman–Crippen LogP) is 2.18. The van der Waals surface area contributed by atoms with Gasteiger partial charge in [-0.15, -0.1) is 11.3 Å². The molecule has 0 radical (unpaired) electrons. The topological polar surface area (TPSA) is 44.7 Å². The minimum absolute atomic E-state index is 0.0942. The van der Waals surface area contributed by atoms with Gasteiger partial charge in [-0.05, 0) is 26.5 Å². The van der Waals surface area contributed by atoms with E-state index in [9.17, 15) is 4.79 Å². The molecular weight excluding hydrogens is 246 g/mol. The quantitative estimate of drug-likeness (QED) is 0.833. The summed E-state index contributed by atoms with van der Waals surface area (Å²) in [5.41, 5.74) is 5.57. The molecule has 2 heterocycles. The SMILES string of the molecule is Cc1scc(C(=O)NN=C2CCN(C)CC2)c1C. The van der Waals surface area contributed by atoms with Gasteiger partial charge in [0.2, 0.25) is 0 Å². The van der Waals surface area contributed by atoms with Gasteiger partial charge in [-0.1, -0.05) is 0 Å². The van der Waals surface area contributed by atoms with E-state index in [1.165, 1.54) is 4.88 Å². The molecule has 2 rings (SSSR count). The van der Waals surface area contributed by atoms with Crippen molar-refractivity contribution in [1.29, 1.82) is 0 Å². The lowest BCUT2D eigenvalue weighted by Crippen LogP contribution is -2.32. The molecule has 98 valence electrons. The van der Waals surface area contributed by atoms with Gasteiger partial charge in [-0.3, -0.25) is 4.79 Å². The van der Waals surface area contributed by atoms with Crippen molar-refractivity contribution in [3.63, 3.8) is 0 Å². The number of hydrazone groups is 1. The van der Waals surface area contributed by atoms with Crippen LogP contribution in [0.4, 0.5) is 0 Å². The number of carbonyl (C=O) groups excluding carboxylic acids is 1. The summed E-state index contributed by atoms with van der Waals surface area (Å²) in [6.07, 6.45) is 1.89. The Morgan fingerprint density at radius 3 is 2.61 bits per heavy atom. The van der Waals surface area contributed by atoms with Crippen molar-refractivity contribution in [2.75, 3.05) is 20.1 Å². The van der Waals surface area contributed by atoms with E-state index in [0.29, 0.717) is 0 Å². The van der Waals surface area contributed by atoms with Gasteiger partial charge in [0.15, 0.2) is 0 Å². The fourth-order valence-electron chi connectivity index (χ4n) is 1.92. The van der Waals surface area contributed by atoms with Crippen LogP contribution in [-0.4, -0.2) is 36.7 Å². The minimum Gasteiger partial charge on any atom is -0.306 e. The van der Waals surface area contributed by atoms with E-state index < -0.39 is 0 Å². The molecule has 5 heteroatoms. The highest BCUT2D eigenvalue weighted by molar-refractivity contribution is 7.10. The second kappa shape index (κ2) is 5.63. The zero-order valence-electron chi connectivity index (χ0n) is 11.1. The molecule has 18 heavy (non-hydrogen) atoms. The Morgan fingerprint density at radius 1 is 1.39 bits per heavy atom. The number of hydrogen-bond acceptors (Lipinski definition) is 4. The largest absolute Gasteiger partial charge is 0.306 e. The van der Waals surface area contributed by atoms with E-state index in [2.05, 4.69) is 22.5 Å². The van der Waals surface area contributed by atoms with Crippen LogP contribution < -0.4 is 5.43 Å². The Balaban J connectivity index is 1.96. The molecule has 1 aromatic heterocycles. The van der Waals surface area contributed by atoms with E-state index in [1.807, 2.05) is 19.2 Å². The van der Waals surface area contributed by atoms with Crippen molar-refractivity contribution in [3.8, 4) is 0 Å². The third-order valence-electron chi connectivity index (χ3n) is 3.41. The van der Waals surface area contributed by atoms with Crippen LogP contribution in [0.25, 0.3) is 0 Å². The Hall–Kier alpha value is -1.20. The van der Waals surface area contributed by atoms with Gasteiger partial charge in [-0.2, -0.15) is 5.10 Å². The summed E-state index contributed by atoms with van der Waals surface area (Å²) in [5, 5.41) is 6.14. The highest BCUT2D eigenvalue weighted by atomic mass is 32.1. The molecule has 0 aromatic carbocycles. The van der Waals surface area contributed by atoms with Crippen LogP contribution in [0.5, 0.6) is 0 Å². The fraction of sp³-hybridized carbons (Fsp3) is 0.538. The van der Waals surface area contributed by atoms with Gasteiger partial charge < -0.3 is 4.90 Å². The summed E-state index contributed by atoms with van der Waals surface area (Å²) in [6.45, 7) is 6.04. The lowest BCUT2D eigenvalue weighted by atomic mass is 10.1.